The maximum atomic E-state index is 12.3. The Kier molecular flexibility index (Phi) is 4.62. The number of hydrogen-bond donors (Lipinski definition) is 2. The smallest absolute Gasteiger partial charge is 0.225 e. The number of nitrogens with one attached hydrogen (secondary N) is 2. The number of anilines is 1. The predicted molar refractivity (Wildman–Crippen MR) is 85.6 cm³/mol. The second-order valence-electron chi connectivity index (χ2n) is 6.58. The van der Waals surface area contributed by atoms with Crippen molar-refractivity contribution < 1.29 is 9.53 Å². The number of methoxy groups -OCH3 is 1. The molecule has 1 saturated heterocycles. The first kappa shape index (κ1) is 15.3. The van der Waals surface area contributed by atoms with Crippen LogP contribution in [0.1, 0.15) is 31.2 Å². The van der Waals surface area contributed by atoms with E-state index in [1.54, 1.807) is 13.3 Å². The average Bonchev–Trinajstić information content (AvgIpc) is 2.52. The lowest BCUT2D eigenvalue weighted by atomic mass is 9.74. The number of rotatable bonds is 4. The van der Waals surface area contributed by atoms with E-state index in [2.05, 4.69) is 15.6 Å². The van der Waals surface area contributed by atoms with Crippen molar-refractivity contribution in [3.05, 3.63) is 23.9 Å². The molecule has 0 radical (unpaired) electrons. The minimum Gasteiger partial charge on any atom is -0.381 e. The Morgan fingerprint density at radius 2 is 2.27 bits per heavy atom. The molecule has 0 aromatic carbocycles. The molecule has 2 fully saturated rings. The van der Waals surface area contributed by atoms with Crippen molar-refractivity contribution in [3.63, 3.8) is 0 Å². The maximum Gasteiger partial charge on any atom is 0.225 e. The molecular weight excluding hydrogens is 278 g/mol. The fourth-order valence-electron chi connectivity index (χ4n) is 3.70. The lowest BCUT2D eigenvalue weighted by Crippen LogP contribution is -2.53. The zero-order chi connectivity index (χ0) is 15.5. The van der Waals surface area contributed by atoms with Gasteiger partial charge in [-0.15, -0.1) is 0 Å². The summed E-state index contributed by atoms with van der Waals surface area (Å²) in [6.45, 7) is 2.68. The Hall–Kier alpha value is -1.62. The Morgan fingerprint density at radius 1 is 1.41 bits per heavy atom. The van der Waals surface area contributed by atoms with E-state index in [9.17, 15) is 4.79 Å². The zero-order valence-corrected chi connectivity index (χ0v) is 13.3. The van der Waals surface area contributed by atoms with Crippen LogP contribution in [-0.2, 0) is 9.53 Å². The summed E-state index contributed by atoms with van der Waals surface area (Å²) in [5.74, 6) is 1.57. The van der Waals surface area contributed by atoms with E-state index in [4.69, 9.17) is 4.74 Å². The molecule has 1 amide bonds. The monoisotopic (exact) mass is 303 g/mol. The number of fused-ring (bicyclic) bond motifs is 1. The van der Waals surface area contributed by atoms with Crippen LogP contribution in [0.4, 0.5) is 5.82 Å². The highest BCUT2D eigenvalue weighted by molar-refractivity contribution is 5.80. The van der Waals surface area contributed by atoms with Gasteiger partial charge in [-0.05, 0) is 56.2 Å². The largest absolute Gasteiger partial charge is 0.381 e. The lowest BCUT2D eigenvalue weighted by molar-refractivity contribution is -0.130. The molecular formula is C17H25N3O2. The summed E-state index contributed by atoms with van der Waals surface area (Å²) in [7, 11) is 1.79. The van der Waals surface area contributed by atoms with Crippen molar-refractivity contribution in [3.8, 4) is 0 Å². The molecule has 0 bridgehead atoms. The van der Waals surface area contributed by atoms with Gasteiger partial charge in [0.2, 0.25) is 5.91 Å². The SMILES string of the molecule is COC1CCC2NC(=O)C(CNc3cc(C)ccn3)CC2C1. The molecule has 1 aromatic heterocycles. The predicted octanol–water partition coefficient (Wildman–Crippen LogP) is 2.12. The van der Waals surface area contributed by atoms with Gasteiger partial charge in [0.1, 0.15) is 5.82 Å². The summed E-state index contributed by atoms with van der Waals surface area (Å²) < 4.78 is 5.51. The molecule has 3 rings (SSSR count). The molecule has 4 unspecified atom stereocenters. The number of aromatic nitrogens is 1. The number of nitrogens with zero attached hydrogens (tertiary/aromatic N) is 1. The summed E-state index contributed by atoms with van der Waals surface area (Å²) in [5, 5.41) is 6.51. The Morgan fingerprint density at radius 3 is 3.05 bits per heavy atom. The van der Waals surface area contributed by atoms with Crippen molar-refractivity contribution in [1.29, 1.82) is 0 Å². The number of ether oxygens (including phenoxy) is 1. The standard InChI is InChI=1S/C17H25N3O2/c1-11-5-6-18-16(7-11)19-10-13-8-12-9-14(22-2)3-4-15(12)20-17(13)21/h5-7,12-15H,3-4,8-10H2,1-2H3,(H,18,19)(H,20,21). The molecule has 22 heavy (non-hydrogen) atoms. The fourth-order valence-corrected chi connectivity index (χ4v) is 3.70. The van der Waals surface area contributed by atoms with Gasteiger partial charge in [-0.2, -0.15) is 0 Å². The highest BCUT2D eigenvalue weighted by Crippen LogP contribution is 2.34. The Labute approximate surface area is 131 Å². The molecule has 4 atom stereocenters. The van der Waals surface area contributed by atoms with Crippen molar-refractivity contribution >= 4 is 11.7 Å². The van der Waals surface area contributed by atoms with Gasteiger partial charge in [0.25, 0.3) is 0 Å². The van der Waals surface area contributed by atoms with Gasteiger partial charge in [0, 0.05) is 25.9 Å². The summed E-state index contributed by atoms with van der Waals surface area (Å²) in [5.41, 5.74) is 1.17. The van der Waals surface area contributed by atoms with E-state index >= 15 is 0 Å². The quantitative estimate of drug-likeness (QED) is 0.894. The van der Waals surface area contributed by atoms with E-state index in [1.807, 2.05) is 19.1 Å². The normalized spacial score (nSPS) is 31.3. The topological polar surface area (TPSA) is 63.2 Å². The van der Waals surface area contributed by atoms with Crippen molar-refractivity contribution in [2.75, 3.05) is 19.0 Å². The molecule has 5 heteroatoms. The van der Waals surface area contributed by atoms with Crippen LogP contribution >= 0.6 is 0 Å². The van der Waals surface area contributed by atoms with Gasteiger partial charge < -0.3 is 15.4 Å². The van der Waals surface area contributed by atoms with Crippen LogP contribution in [0.5, 0.6) is 0 Å². The average molecular weight is 303 g/mol. The van der Waals surface area contributed by atoms with Gasteiger partial charge in [0.05, 0.1) is 12.0 Å². The fraction of sp³-hybridized carbons (Fsp3) is 0.647. The molecule has 1 aromatic rings. The molecule has 2 N–H and O–H groups in total. The first-order valence-corrected chi connectivity index (χ1v) is 8.15. The van der Waals surface area contributed by atoms with Crippen LogP contribution < -0.4 is 10.6 Å². The number of pyridine rings is 1. The number of amides is 1. The van der Waals surface area contributed by atoms with Gasteiger partial charge in [-0.3, -0.25) is 4.79 Å². The summed E-state index contributed by atoms with van der Waals surface area (Å²) in [6, 6.07) is 4.31. The van der Waals surface area contributed by atoms with Gasteiger partial charge >= 0.3 is 0 Å². The molecule has 0 spiro atoms. The molecule has 5 nitrogen and oxygen atoms in total. The van der Waals surface area contributed by atoms with E-state index in [-0.39, 0.29) is 11.8 Å². The number of hydrogen-bond acceptors (Lipinski definition) is 4. The highest BCUT2D eigenvalue weighted by Gasteiger charge is 2.39. The van der Waals surface area contributed by atoms with E-state index < -0.39 is 0 Å². The van der Waals surface area contributed by atoms with Crippen LogP contribution in [0.2, 0.25) is 0 Å². The van der Waals surface area contributed by atoms with E-state index in [0.717, 1.165) is 31.5 Å². The highest BCUT2D eigenvalue weighted by atomic mass is 16.5. The van der Waals surface area contributed by atoms with Crippen LogP contribution in [-0.4, -0.2) is 36.7 Å². The molecule has 1 saturated carbocycles. The third kappa shape index (κ3) is 3.40. The van der Waals surface area contributed by atoms with E-state index in [1.165, 1.54) is 5.56 Å². The second-order valence-corrected chi connectivity index (χ2v) is 6.58. The molecule has 2 heterocycles. The summed E-state index contributed by atoms with van der Waals surface area (Å²) >= 11 is 0. The zero-order valence-electron chi connectivity index (χ0n) is 13.3. The van der Waals surface area contributed by atoms with Crippen LogP contribution in [0.15, 0.2) is 18.3 Å². The third-order valence-corrected chi connectivity index (χ3v) is 5.00. The second kappa shape index (κ2) is 6.65. The maximum absolute atomic E-state index is 12.3. The first-order valence-electron chi connectivity index (χ1n) is 8.15. The Balaban J connectivity index is 1.58. The van der Waals surface area contributed by atoms with Crippen LogP contribution in [0.3, 0.4) is 0 Å². The Bertz CT molecular complexity index is 534. The number of carbonyl (C=O) groups is 1. The van der Waals surface area contributed by atoms with Gasteiger partial charge in [-0.25, -0.2) is 4.98 Å². The lowest BCUT2D eigenvalue weighted by Gasteiger charge is -2.41. The van der Waals surface area contributed by atoms with Crippen molar-refractivity contribution in [2.24, 2.45) is 11.8 Å². The molecule has 1 aliphatic heterocycles. The summed E-state index contributed by atoms with van der Waals surface area (Å²) in [4.78, 5) is 16.6. The van der Waals surface area contributed by atoms with E-state index in [0.29, 0.717) is 24.6 Å². The van der Waals surface area contributed by atoms with Gasteiger partial charge in [0.15, 0.2) is 0 Å². The third-order valence-electron chi connectivity index (χ3n) is 5.00. The van der Waals surface area contributed by atoms with Crippen molar-refractivity contribution in [2.45, 2.75) is 44.8 Å². The summed E-state index contributed by atoms with van der Waals surface area (Å²) in [6.07, 6.45) is 6.22. The minimum absolute atomic E-state index is 0.0131. The first-order chi connectivity index (χ1) is 10.7. The van der Waals surface area contributed by atoms with Crippen molar-refractivity contribution in [1.82, 2.24) is 10.3 Å². The number of carbonyl (C=O) groups excluding carboxylic acids is 1. The number of piperidine rings is 1. The number of aryl methyl sites for hydroxylation is 1. The van der Waals surface area contributed by atoms with Gasteiger partial charge in [-0.1, -0.05) is 0 Å². The molecule has 2 aliphatic rings. The molecule has 120 valence electrons. The van der Waals surface area contributed by atoms with Crippen LogP contribution in [0.25, 0.3) is 0 Å². The molecule has 1 aliphatic carbocycles. The van der Waals surface area contributed by atoms with Crippen LogP contribution in [0, 0.1) is 18.8 Å². The minimum atomic E-state index is 0.0131.